The van der Waals surface area contributed by atoms with Gasteiger partial charge in [-0.15, -0.1) is 0 Å². The maximum Gasteiger partial charge on any atom is 0.0175 e. The minimum Gasteiger partial charge on any atom is -0.330 e. The van der Waals surface area contributed by atoms with Crippen LogP contribution in [0.15, 0.2) is 28.7 Å². The van der Waals surface area contributed by atoms with Crippen molar-refractivity contribution in [3.05, 3.63) is 34.3 Å². The molecule has 3 N–H and O–H groups in total. The predicted molar refractivity (Wildman–Crippen MR) is 62.3 cm³/mol. The first-order valence-corrected chi connectivity index (χ1v) is 5.77. The molecule has 1 aliphatic heterocycles. The molecule has 2 nitrogen and oxygen atoms in total. The Morgan fingerprint density at radius 1 is 1.29 bits per heavy atom. The number of hydrogen-bond acceptors (Lipinski definition) is 2. The van der Waals surface area contributed by atoms with Crippen molar-refractivity contribution in [2.24, 2.45) is 11.7 Å². The number of rotatable bonds is 2. The van der Waals surface area contributed by atoms with Gasteiger partial charge in [-0.1, -0.05) is 28.1 Å². The molecular formula is C11H15BrN2. The number of benzene rings is 1. The zero-order valence-corrected chi connectivity index (χ0v) is 9.63. The van der Waals surface area contributed by atoms with Crippen molar-refractivity contribution >= 4 is 15.9 Å². The highest BCUT2D eigenvalue weighted by Gasteiger charge is 2.26. The lowest BCUT2D eigenvalue weighted by Crippen LogP contribution is -2.20. The third-order valence-electron chi connectivity index (χ3n) is 2.94. The molecule has 2 atom stereocenters. The van der Waals surface area contributed by atoms with E-state index in [2.05, 4.69) is 45.5 Å². The maximum absolute atomic E-state index is 5.74. The molecule has 0 radical (unpaired) electrons. The van der Waals surface area contributed by atoms with Crippen LogP contribution in [0.1, 0.15) is 11.5 Å². The van der Waals surface area contributed by atoms with Crippen LogP contribution < -0.4 is 11.1 Å². The van der Waals surface area contributed by atoms with E-state index < -0.39 is 0 Å². The molecule has 3 heteroatoms. The zero-order chi connectivity index (χ0) is 9.97. The van der Waals surface area contributed by atoms with Crippen molar-refractivity contribution in [2.45, 2.75) is 5.92 Å². The van der Waals surface area contributed by atoms with E-state index in [0.717, 1.165) is 24.1 Å². The fourth-order valence-electron chi connectivity index (χ4n) is 2.08. The summed E-state index contributed by atoms with van der Waals surface area (Å²) in [7, 11) is 0. The minimum atomic E-state index is 0.591. The lowest BCUT2D eigenvalue weighted by atomic mass is 9.89. The van der Waals surface area contributed by atoms with Gasteiger partial charge in [0, 0.05) is 16.9 Å². The maximum atomic E-state index is 5.74. The molecule has 0 bridgehead atoms. The van der Waals surface area contributed by atoms with Crippen LogP contribution in [0, 0.1) is 5.92 Å². The van der Waals surface area contributed by atoms with Crippen molar-refractivity contribution in [1.29, 1.82) is 0 Å². The van der Waals surface area contributed by atoms with Gasteiger partial charge in [-0.2, -0.15) is 0 Å². The summed E-state index contributed by atoms with van der Waals surface area (Å²) in [5, 5.41) is 3.39. The molecule has 76 valence electrons. The van der Waals surface area contributed by atoms with Crippen molar-refractivity contribution in [3.63, 3.8) is 0 Å². The SMILES string of the molecule is NCC1CNCC1c1ccc(Br)cc1. The van der Waals surface area contributed by atoms with Gasteiger partial charge in [0.25, 0.3) is 0 Å². The summed E-state index contributed by atoms with van der Waals surface area (Å²) in [6, 6.07) is 8.57. The van der Waals surface area contributed by atoms with Crippen LogP contribution in [0.4, 0.5) is 0 Å². The molecule has 0 amide bonds. The summed E-state index contributed by atoms with van der Waals surface area (Å²) in [4.78, 5) is 0. The average Bonchev–Trinajstić information content (AvgIpc) is 2.67. The smallest absolute Gasteiger partial charge is 0.0175 e. The molecular weight excluding hydrogens is 240 g/mol. The Kier molecular flexibility index (Phi) is 3.21. The zero-order valence-electron chi connectivity index (χ0n) is 8.04. The monoisotopic (exact) mass is 254 g/mol. The molecule has 1 aliphatic rings. The van der Waals surface area contributed by atoms with Gasteiger partial charge in [-0.25, -0.2) is 0 Å². The van der Waals surface area contributed by atoms with Crippen molar-refractivity contribution in [3.8, 4) is 0 Å². The molecule has 1 fully saturated rings. The largest absolute Gasteiger partial charge is 0.330 e. The summed E-state index contributed by atoms with van der Waals surface area (Å²) in [6.45, 7) is 2.88. The second kappa shape index (κ2) is 4.43. The van der Waals surface area contributed by atoms with Gasteiger partial charge in [0.1, 0.15) is 0 Å². The van der Waals surface area contributed by atoms with Crippen molar-refractivity contribution in [1.82, 2.24) is 5.32 Å². The van der Waals surface area contributed by atoms with E-state index >= 15 is 0 Å². The molecule has 1 saturated heterocycles. The molecule has 0 aliphatic carbocycles. The summed E-state index contributed by atoms with van der Waals surface area (Å²) >= 11 is 3.45. The van der Waals surface area contributed by atoms with E-state index in [4.69, 9.17) is 5.73 Å². The predicted octanol–water partition coefficient (Wildman–Crippen LogP) is 1.71. The number of nitrogens with one attached hydrogen (secondary N) is 1. The van der Waals surface area contributed by atoms with E-state index in [-0.39, 0.29) is 0 Å². The minimum absolute atomic E-state index is 0.591. The number of nitrogens with two attached hydrogens (primary N) is 1. The Bertz CT molecular complexity index is 297. The molecule has 1 heterocycles. The highest BCUT2D eigenvalue weighted by molar-refractivity contribution is 9.10. The first-order chi connectivity index (χ1) is 6.81. The van der Waals surface area contributed by atoms with Crippen LogP contribution in [0.5, 0.6) is 0 Å². The van der Waals surface area contributed by atoms with Crippen LogP contribution >= 0.6 is 15.9 Å². The second-order valence-corrected chi connectivity index (χ2v) is 4.73. The molecule has 0 saturated carbocycles. The summed E-state index contributed by atoms with van der Waals surface area (Å²) < 4.78 is 1.14. The Hall–Kier alpha value is -0.380. The van der Waals surface area contributed by atoms with E-state index in [9.17, 15) is 0 Å². The second-order valence-electron chi connectivity index (χ2n) is 3.81. The van der Waals surface area contributed by atoms with E-state index in [1.54, 1.807) is 0 Å². The highest BCUT2D eigenvalue weighted by Crippen LogP contribution is 2.28. The van der Waals surface area contributed by atoms with Crippen molar-refractivity contribution in [2.75, 3.05) is 19.6 Å². The Balaban J connectivity index is 2.17. The molecule has 2 unspecified atom stereocenters. The summed E-state index contributed by atoms with van der Waals surface area (Å²) in [5.74, 6) is 1.18. The van der Waals surface area contributed by atoms with Gasteiger partial charge >= 0.3 is 0 Å². The lowest BCUT2D eigenvalue weighted by molar-refractivity contribution is 0.531. The van der Waals surface area contributed by atoms with E-state index in [1.165, 1.54) is 5.56 Å². The van der Waals surface area contributed by atoms with Crippen LogP contribution in [0.25, 0.3) is 0 Å². The number of hydrogen-bond donors (Lipinski definition) is 2. The first kappa shape index (κ1) is 10.1. The van der Waals surface area contributed by atoms with Gasteiger partial charge in [0.05, 0.1) is 0 Å². The quantitative estimate of drug-likeness (QED) is 0.844. The fraction of sp³-hybridized carbons (Fsp3) is 0.455. The van der Waals surface area contributed by atoms with Gasteiger partial charge in [0.15, 0.2) is 0 Å². The lowest BCUT2D eigenvalue weighted by Gasteiger charge is -2.16. The third-order valence-corrected chi connectivity index (χ3v) is 3.47. The number of halogens is 1. The standard InChI is InChI=1S/C11H15BrN2/c12-10-3-1-8(2-4-10)11-7-14-6-9(11)5-13/h1-4,9,11,14H,5-7,13H2. The molecule has 0 aromatic heterocycles. The van der Waals surface area contributed by atoms with Crippen LogP contribution in [-0.2, 0) is 0 Å². The van der Waals surface area contributed by atoms with Crippen LogP contribution in [-0.4, -0.2) is 19.6 Å². The molecule has 1 aromatic rings. The molecule has 1 aromatic carbocycles. The summed E-state index contributed by atoms with van der Waals surface area (Å²) in [5.41, 5.74) is 7.14. The third kappa shape index (κ3) is 2.00. The molecule has 0 spiro atoms. The van der Waals surface area contributed by atoms with E-state index in [0.29, 0.717) is 11.8 Å². The van der Waals surface area contributed by atoms with Gasteiger partial charge in [-0.05, 0) is 36.7 Å². The summed E-state index contributed by atoms with van der Waals surface area (Å²) in [6.07, 6.45) is 0. The normalized spacial score (nSPS) is 26.7. The first-order valence-electron chi connectivity index (χ1n) is 4.97. The van der Waals surface area contributed by atoms with Gasteiger partial charge < -0.3 is 11.1 Å². The topological polar surface area (TPSA) is 38.0 Å². The molecule has 2 rings (SSSR count). The van der Waals surface area contributed by atoms with Gasteiger partial charge in [0.2, 0.25) is 0 Å². The Morgan fingerprint density at radius 2 is 2.00 bits per heavy atom. The Labute approximate surface area is 93.0 Å². The fourth-order valence-corrected chi connectivity index (χ4v) is 2.35. The average molecular weight is 255 g/mol. The van der Waals surface area contributed by atoms with Crippen LogP contribution in [0.2, 0.25) is 0 Å². The van der Waals surface area contributed by atoms with E-state index in [1.807, 2.05) is 0 Å². The highest BCUT2D eigenvalue weighted by atomic mass is 79.9. The molecule has 14 heavy (non-hydrogen) atoms. The van der Waals surface area contributed by atoms with Gasteiger partial charge in [-0.3, -0.25) is 0 Å². The van der Waals surface area contributed by atoms with Crippen LogP contribution in [0.3, 0.4) is 0 Å². The van der Waals surface area contributed by atoms with Crippen molar-refractivity contribution < 1.29 is 0 Å². The Morgan fingerprint density at radius 3 is 2.64 bits per heavy atom.